The topological polar surface area (TPSA) is 53.5 Å². The molecule has 0 spiro atoms. The van der Waals surface area contributed by atoms with Crippen LogP contribution in [0.4, 0.5) is 0 Å². The van der Waals surface area contributed by atoms with Crippen LogP contribution in [-0.4, -0.2) is 30.8 Å². The van der Waals surface area contributed by atoms with Gasteiger partial charge in [0.05, 0.1) is 32.7 Å². The van der Waals surface area contributed by atoms with Gasteiger partial charge in [-0.05, 0) is 40.5 Å². The maximum absolute atomic E-state index is 6.25. The quantitative estimate of drug-likeness (QED) is 0.431. The average Bonchev–Trinajstić information content (AvgIpc) is 2.70. The molecule has 2 aromatic heterocycles. The first-order chi connectivity index (χ1) is 15.4. The maximum Gasteiger partial charge on any atom is 0.256 e. The molecule has 5 nitrogen and oxygen atoms in total. The molecule has 0 radical (unpaired) electrons. The van der Waals surface area contributed by atoms with Crippen LogP contribution < -0.4 is 14.2 Å². The van der Waals surface area contributed by atoms with Crippen molar-refractivity contribution in [3.8, 4) is 17.4 Å². The summed E-state index contributed by atoms with van der Waals surface area (Å²) >= 11 is 0. The van der Waals surface area contributed by atoms with Gasteiger partial charge in [-0.2, -0.15) is 0 Å². The third-order valence-electron chi connectivity index (χ3n) is 6.18. The molecule has 0 aliphatic heterocycles. The van der Waals surface area contributed by atoms with Gasteiger partial charge < -0.3 is 14.2 Å². The smallest absolute Gasteiger partial charge is 0.256 e. The summed E-state index contributed by atoms with van der Waals surface area (Å²) in [6.07, 6.45) is 2.68. The number of aromatic nitrogens is 2. The van der Waals surface area contributed by atoms with E-state index in [-0.39, 0.29) is 21.7 Å². The van der Waals surface area contributed by atoms with Crippen molar-refractivity contribution in [1.82, 2.24) is 9.97 Å². The summed E-state index contributed by atoms with van der Waals surface area (Å²) in [6.45, 7) is 24.9. The van der Waals surface area contributed by atoms with Gasteiger partial charge in [-0.25, -0.2) is 4.98 Å². The van der Waals surface area contributed by atoms with Gasteiger partial charge in [-0.3, -0.25) is 4.98 Å². The van der Waals surface area contributed by atoms with Gasteiger partial charge in [0.15, 0.2) is 5.75 Å². The Labute approximate surface area is 207 Å². The summed E-state index contributed by atoms with van der Waals surface area (Å²) < 4.78 is 17.3. The minimum Gasteiger partial charge on any atom is -0.492 e. The van der Waals surface area contributed by atoms with E-state index in [2.05, 4.69) is 88.3 Å². The van der Waals surface area contributed by atoms with Crippen molar-refractivity contribution in [2.24, 2.45) is 0 Å². The minimum absolute atomic E-state index is 0.0127. The van der Waals surface area contributed by atoms with Crippen LogP contribution in [0.15, 0.2) is 18.3 Å². The summed E-state index contributed by atoms with van der Waals surface area (Å²) in [6, 6.07) is 4.24. The first kappa shape index (κ1) is 27.9. The van der Waals surface area contributed by atoms with E-state index in [1.54, 1.807) is 14.2 Å². The predicted octanol–water partition coefficient (Wildman–Crippen LogP) is 7.13. The zero-order chi connectivity index (χ0) is 26.1. The molecule has 0 atom stereocenters. The average molecular weight is 471 g/mol. The monoisotopic (exact) mass is 470 g/mol. The Hall–Kier alpha value is -2.30. The summed E-state index contributed by atoms with van der Waals surface area (Å²) in [4.78, 5) is 9.65. The lowest BCUT2D eigenvalue weighted by Gasteiger charge is -2.32. The molecule has 2 heterocycles. The van der Waals surface area contributed by atoms with Crippen molar-refractivity contribution >= 4 is 0 Å². The molecule has 190 valence electrons. The van der Waals surface area contributed by atoms with Gasteiger partial charge in [0.2, 0.25) is 0 Å². The molecular formula is C29H46N2O3. The standard InChI is InChI=1S/C29H46N2O3/c1-26(2,3)20-16-19(18-30-23(20)27(4,5)6)34-15-14-29(10,11)21-17-22(32-12)25(33-13)31-24(21)28(7,8)9/h16-18H,14-15H2,1-13H3. The number of hydrogen-bond acceptors (Lipinski definition) is 5. The fourth-order valence-corrected chi connectivity index (χ4v) is 4.11. The van der Waals surface area contributed by atoms with E-state index in [0.717, 1.165) is 29.1 Å². The Morgan fingerprint density at radius 2 is 1.29 bits per heavy atom. The maximum atomic E-state index is 6.25. The van der Waals surface area contributed by atoms with Gasteiger partial charge in [-0.15, -0.1) is 0 Å². The molecule has 0 fully saturated rings. The van der Waals surface area contributed by atoms with Gasteiger partial charge >= 0.3 is 0 Å². The van der Waals surface area contributed by atoms with E-state index in [4.69, 9.17) is 24.2 Å². The summed E-state index contributed by atoms with van der Waals surface area (Å²) in [7, 11) is 3.28. The van der Waals surface area contributed by atoms with E-state index in [0.29, 0.717) is 18.2 Å². The van der Waals surface area contributed by atoms with E-state index in [1.165, 1.54) is 5.56 Å². The second-order valence-corrected chi connectivity index (χ2v) is 12.9. The first-order valence-electron chi connectivity index (χ1n) is 12.2. The lowest BCUT2D eigenvalue weighted by atomic mass is 9.75. The second kappa shape index (κ2) is 9.75. The van der Waals surface area contributed by atoms with E-state index < -0.39 is 0 Å². The van der Waals surface area contributed by atoms with Gasteiger partial charge in [0.1, 0.15) is 5.75 Å². The molecule has 34 heavy (non-hydrogen) atoms. The van der Waals surface area contributed by atoms with Crippen LogP contribution in [0.3, 0.4) is 0 Å². The largest absolute Gasteiger partial charge is 0.492 e. The minimum atomic E-state index is -0.180. The second-order valence-electron chi connectivity index (χ2n) is 12.9. The highest BCUT2D eigenvalue weighted by atomic mass is 16.5. The summed E-state index contributed by atoms with van der Waals surface area (Å²) in [5, 5.41) is 0. The van der Waals surface area contributed by atoms with Crippen molar-refractivity contribution < 1.29 is 14.2 Å². The predicted molar refractivity (Wildman–Crippen MR) is 141 cm³/mol. The van der Waals surface area contributed by atoms with Crippen molar-refractivity contribution in [1.29, 1.82) is 0 Å². The Bertz CT molecular complexity index is 990. The molecule has 0 aliphatic rings. The van der Waals surface area contributed by atoms with Crippen LogP contribution in [0.25, 0.3) is 0 Å². The molecule has 2 aromatic rings. The Morgan fingerprint density at radius 3 is 1.76 bits per heavy atom. The lowest BCUT2D eigenvalue weighted by molar-refractivity contribution is 0.267. The van der Waals surface area contributed by atoms with Crippen LogP contribution in [0.2, 0.25) is 0 Å². The molecule has 2 rings (SSSR count). The van der Waals surface area contributed by atoms with E-state index in [1.807, 2.05) is 6.20 Å². The van der Waals surface area contributed by atoms with Crippen molar-refractivity contribution in [3.05, 3.63) is 40.8 Å². The molecule has 0 N–H and O–H groups in total. The highest BCUT2D eigenvalue weighted by Gasteiger charge is 2.32. The molecule has 0 unspecified atom stereocenters. The zero-order valence-electron chi connectivity index (χ0n) is 23.8. The molecule has 0 aliphatic carbocycles. The number of hydrogen-bond donors (Lipinski definition) is 0. The van der Waals surface area contributed by atoms with Crippen molar-refractivity contribution in [2.45, 2.75) is 104 Å². The SMILES string of the molecule is COc1cc(C(C)(C)CCOc2cnc(C(C)(C)C)c(C(C)(C)C)c2)c(C(C)(C)C)nc1OC. The zero-order valence-corrected chi connectivity index (χ0v) is 23.8. The fourth-order valence-electron chi connectivity index (χ4n) is 4.11. The molecular weight excluding hydrogens is 424 g/mol. The normalized spacial score (nSPS) is 13.1. The van der Waals surface area contributed by atoms with Crippen LogP contribution in [0.5, 0.6) is 17.4 Å². The molecule has 5 heteroatoms. The van der Waals surface area contributed by atoms with E-state index >= 15 is 0 Å². The number of pyridine rings is 2. The molecule has 0 aromatic carbocycles. The van der Waals surface area contributed by atoms with Gasteiger partial charge in [0, 0.05) is 16.5 Å². The van der Waals surface area contributed by atoms with Gasteiger partial charge in [-0.1, -0.05) is 76.2 Å². The molecule has 0 bridgehead atoms. The third kappa shape index (κ3) is 6.43. The molecule has 0 saturated heterocycles. The van der Waals surface area contributed by atoms with Crippen LogP contribution >= 0.6 is 0 Å². The number of rotatable bonds is 7. The lowest BCUT2D eigenvalue weighted by Crippen LogP contribution is -2.28. The van der Waals surface area contributed by atoms with Crippen LogP contribution in [0, 0.1) is 0 Å². The fraction of sp³-hybridized carbons (Fsp3) is 0.655. The molecule has 0 amide bonds. The van der Waals surface area contributed by atoms with Crippen LogP contribution in [-0.2, 0) is 21.7 Å². The third-order valence-corrected chi connectivity index (χ3v) is 6.18. The summed E-state index contributed by atoms with van der Waals surface area (Å²) in [5.74, 6) is 1.98. The summed E-state index contributed by atoms with van der Waals surface area (Å²) in [5.41, 5.74) is 4.17. The Morgan fingerprint density at radius 1 is 0.706 bits per heavy atom. The van der Waals surface area contributed by atoms with Crippen molar-refractivity contribution in [3.63, 3.8) is 0 Å². The Kier molecular flexibility index (Phi) is 8.01. The first-order valence-corrected chi connectivity index (χ1v) is 12.2. The molecule has 0 saturated carbocycles. The Balaban J connectivity index is 2.33. The number of nitrogens with zero attached hydrogens (tertiary/aromatic N) is 2. The van der Waals surface area contributed by atoms with Gasteiger partial charge in [0.25, 0.3) is 5.88 Å². The highest BCUT2D eigenvalue weighted by Crippen LogP contribution is 2.40. The number of ether oxygens (including phenoxy) is 3. The van der Waals surface area contributed by atoms with Crippen LogP contribution in [0.1, 0.15) is 105 Å². The number of methoxy groups -OCH3 is 2. The van der Waals surface area contributed by atoms with Crippen molar-refractivity contribution in [2.75, 3.05) is 20.8 Å². The highest BCUT2D eigenvalue weighted by molar-refractivity contribution is 5.45. The van der Waals surface area contributed by atoms with E-state index in [9.17, 15) is 0 Å².